The summed E-state index contributed by atoms with van der Waals surface area (Å²) < 4.78 is 0. The summed E-state index contributed by atoms with van der Waals surface area (Å²) in [7, 11) is 2.19. The molecule has 74 valence electrons. The summed E-state index contributed by atoms with van der Waals surface area (Å²) in [6, 6.07) is 9.37. The van der Waals surface area contributed by atoms with E-state index in [0.717, 1.165) is 6.04 Å². The van der Waals surface area contributed by atoms with Gasteiger partial charge in [0, 0.05) is 18.8 Å². The molecule has 0 saturated heterocycles. The number of anilines is 1. The van der Waals surface area contributed by atoms with Gasteiger partial charge in [-0.2, -0.15) is 0 Å². The SMILES string of the molecule is C=Cc1ccc(N(C)C2CCC2)cc1. The summed E-state index contributed by atoms with van der Waals surface area (Å²) >= 11 is 0. The van der Waals surface area contributed by atoms with E-state index in [1.54, 1.807) is 0 Å². The third-order valence-corrected chi connectivity index (χ3v) is 3.16. The Labute approximate surface area is 86.1 Å². The first-order valence-electron chi connectivity index (χ1n) is 5.26. The van der Waals surface area contributed by atoms with Crippen LogP contribution in [0.25, 0.3) is 6.08 Å². The molecule has 1 fully saturated rings. The first-order chi connectivity index (χ1) is 6.81. The lowest BCUT2D eigenvalue weighted by molar-refractivity contribution is 0.401. The van der Waals surface area contributed by atoms with Crippen LogP contribution < -0.4 is 4.90 Å². The van der Waals surface area contributed by atoms with Crippen LogP contribution in [0.4, 0.5) is 5.69 Å². The van der Waals surface area contributed by atoms with Crippen molar-refractivity contribution >= 4 is 11.8 Å². The fraction of sp³-hybridized carbons (Fsp3) is 0.385. The van der Waals surface area contributed by atoms with Crippen molar-refractivity contribution in [1.29, 1.82) is 0 Å². The fourth-order valence-electron chi connectivity index (χ4n) is 1.83. The van der Waals surface area contributed by atoms with Crippen molar-refractivity contribution in [2.45, 2.75) is 25.3 Å². The van der Waals surface area contributed by atoms with Crippen LogP contribution in [0.2, 0.25) is 0 Å². The monoisotopic (exact) mass is 187 g/mol. The molecule has 0 bridgehead atoms. The third kappa shape index (κ3) is 1.67. The van der Waals surface area contributed by atoms with Gasteiger partial charge in [-0.05, 0) is 37.0 Å². The van der Waals surface area contributed by atoms with Crippen molar-refractivity contribution in [2.75, 3.05) is 11.9 Å². The predicted molar refractivity (Wildman–Crippen MR) is 62.6 cm³/mol. The van der Waals surface area contributed by atoms with Crippen molar-refractivity contribution < 1.29 is 0 Å². The molecule has 0 amide bonds. The Hall–Kier alpha value is -1.24. The van der Waals surface area contributed by atoms with E-state index in [9.17, 15) is 0 Å². The first-order valence-corrected chi connectivity index (χ1v) is 5.26. The Balaban J connectivity index is 2.11. The average molecular weight is 187 g/mol. The highest BCUT2D eigenvalue weighted by atomic mass is 15.1. The topological polar surface area (TPSA) is 3.24 Å². The zero-order valence-electron chi connectivity index (χ0n) is 8.74. The van der Waals surface area contributed by atoms with Crippen LogP contribution in [-0.4, -0.2) is 13.1 Å². The Morgan fingerprint density at radius 1 is 1.29 bits per heavy atom. The van der Waals surface area contributed by atoms with Crippen LogP contribution in [0.15, 0.2) is 30.8 Å². The maximum absolute atomic E-state index is 3.75. The molecule has 1 nitrogen and oxygen atoms in total. The standard InChI is InChI=1S/C13H17N/c1-3-11-7-9-13(10-8-11)14(2)12-5-4-6-12/h3,7-10,12H,1,4-6H2,2H3. The molecule has 0 atom stereocenters. The van der Waals surface area contributed by atoms with E-state index >= 15 is 0 Å². The molecule has 0 heterocycles. The van der Waals surface area contributed by atoms with Crippen molar-refractivity contribution in [2.24, 2.45) is 0 Å². The van der Waals surface area contributed by atoms with Crippen LogP contribution in [0.1, 0.15) is 24.8 Å². The number of benzene rings is 1. The zero-order chi connectivity index (χ0) is 9.97. The molecule has 1 saturated carbocycles. The van der Waals surface area contributed by atoms with Gasteiger partial charge in [0.05, 0.1) is 0 Å². The molecule has 1 aliphatic rings. The molecule has 0 aliphatic heterocycles. The summed E-state index contributed by atoms with van der Waals surface area (Å²) in [5, 5.41) is 0. The lowest BCUT2D eigenvalue weighted by atomic mass is 9.91. The molecule has 0 radical (unpaired) electrons. The van der Waals surface area contributed by atoms with E-state index < -0.39 is 0 Å². The maximum Gasteiger partial charge on any atom is 0.0366 e. The lowest BCUT2D eigenvalue weighted by Gasteiger charge is -2.36. The second-order valence-corrected chi connectivity index (χ2v) is 3.99. The summed E-state index contributed by atoms with van der Waals surface area (Å²) in [5.74, 6) is 0. The van der Waals surface area contributed by atoms with Gasteiger partial charge in [0.25, 0.3) is 0 Å². The van der Waals surface area contributed by atoms with Crippen molar-refractivity contribution in [3.8, 4) is 0 Å². The second kappa shape index (κ2) is 3.87. The molecule has 0 aromatic heterocycles. The minimum absolute atomic E-state index is 0.768. The van der Waals surface area contributed by atoms with E-state index in [-0.39, 0.29) is 0 Å². The summed E-state index contributed by atoms with van der Waals surface area (Å²) in [6.07, 6.45) is 5.96. The summed E-state index contributed by atoms with van der Waals surface area (Å²) in [4.78, 5) is 2.39. The minimum Gasteiger partial charge on any atom is -0.372 e. The Morgan fingerprint density at radius 2 is 1.93 bits per heavy atom. The van der Waals surface area contributed by atoms with Crippen LogP contribution in [-0.2, 0) is 0 Å². The molecule has 0 spiro atoms. The van der Waals surface area contributed by atoms with E-state index in [0.29, 0.717) is 0 Å². The van der Waals surface area contributed by atoms with Crippen LogP contribution in [0.5, 0.6) is 0 Å². The van der Waals surface area contributed by atoms with Gasteiger partial charge in [-0.1, -0.05) is 24.8 Å². The third-order valence-electron chi connectivity index (χ3n) is 3.16. The molecule has 2 rings (SSSR count). The van der Waals surface area contributed by atoms with Crippen LogP contribution in [0, 0.1) is 0 Å². The Bertz CT molecular complexity index is 309. The van der Waals surface area contributed by atoms with Gasteiger partial charge < -0.3 is 4.90 Å². The fourth-order valence-corrected chi connectivity index (χ4v) is 1.83. The van der Waals surface area contributed by atoms with Gasteiger partial charge in [-0.25, -0.2) is 0 Å². The van der Waals surface area contributed by atoms with E-state index in [1.807, 2.05) is 6.08 Å². The predicted octanol–water partition coefficient (Wildman–Crippen LogP) is 3.32. The number of hydrogen-bond acceptors (Lipinski definition) is 1. The molecule has 0 N–H and O–H groups in total. The van der Waals surface area contributed by atoms with Gasteiger partial charge in [0.2, 0.25) is 0 Å². The Kier molecular flexibility index (Phi) is 2.58. The summed E-state index contributed by atoms with van der Waals surface area (Å²) in [6.45, 7) is 3.75. The quantitative estimate of drug-likeness (QED) is 0.701. The second-order valence-electron chi connectivity index (χ2n) is 3.99. The largest absolute Gasteiger partial charge is 0.372 e. The molecular weight excluding hydrogens is 170 g/mol. The van der Waals surface area contributed by atoms with Crippen molar-refractivity contribution in [1.82, 2.24) is 0 Å². The molecule has 14 heavy (non-hydrogen) atoms. The number of hydrogen-bond donors (Lipinski definition) is 0. The molecule has 1 aromatic carbocycles. The smallest absolute Gasteiger partial charge is 0.0366 e. The molecule has 1 heteroatoms. The van der Waals surface area contributed by atoms with Gasteiger partial charge in [-0.15, -0.1) is 0 Å². The lowest BCUT2D eigenvalue weighted by Crippen LogP contribution is -2.36. The van der Waals surface area contributed by atoms with Gasteiger partial charge >= 0.3 is 0 Å². The average Bonchev–Trinajstić information content (AvgIpc) is 2.15. The number of rotatable bonds is 3. The first kappa shape index (κ1) is 9.32. The van der Waals surface area contributed by atoms with E-state index in [1.165, 1.54) is 30.5 Å². The molecule has 1 aromatic rings. The zero-order valence-corrected chi connectivity index (χ0v) is 8.74. The number of nitrogens with zero attached hydrogens (tertiary/aromatic N) is 1. The van der Waals surface area contributed by atoms with Gasteiger partial charge in [0.15, 0.2) is 0 Å². The molecule has 0 unspecified atom stereocenters. The normalized spacial score (nSPS) is 16.1. The molecular formula is C13H17N. The van der Waals surface area contributed by atoms with E-state index in [2.05, 4.69) is 42.8 Å². The van der Waals surface area contributed by atoms with Gasteiger partial charge in [-0.3, -0.25) is 0 Å². The highest BCUT2D eigenvalue weighted by Crippen LogP contribution is 2.28. The van der Waals surface area contributed by atoms with Crippen LogP contribution in [0.3, 0.4) is 0 Å². The highest BCUT2D eigenvalue weighted by molar-refractivity contribution is 5.55. The maximum atomic E-state index is 3.75. The van der Waals surface area contributed by atoms with Crippen molar-refractivity contribution in [3.63, 3.8) is 0 Å². The summed E-state index contributed by atoms with van der Waals surface area (Å²) in [5.41, 5.74) is 2.51. The van der Waals surface area contributed by atoms with E-state index in [4.69, 9.17) is 0 Å². The minimum atomic E-state index is 0.768. The van der Waals surface area contributed by atoms with Crippen LogP contribution >= 0.6 is 0 Å². The highest BCUT2D eigenvalue weighted by Gasteiger charge is 2.21. The Morgan fingerprint density at radius 3 is 2.36 bits per heavy atom. The van der Waals surface area contributed by atoms with Crippen molar-refractivity contribution in [3.05, 3.63) is 36.4 Å². The van der Waals surface area contributed by atoms with Gasteiger partial charge in [0.1, 0.15) is 0 Å². The molecule has 1 aliphatic carbocycles.